The fraction of sp³-hybridized carbons (Fsp3) is 0.417. The van der Waals surface area contributed by atoms with Gasteiger partial charge >= 0.3 is 0 Å². The largest absolute Gasteiger partial charge is 0.250 e. The van der Waals surface area contributed by atoms with Gasteiger partial charge in [-0.25, -0.2) is 0 Å². The Morgan fingerprint density at radius 2 is 2.14 bits per heavy atom. The van der Waals surface area contributed by atoms with E-state index in [1.807, 2.05) is 12.1 Å². The van der Waals surface area contributed by atoms with E-state index >= 15 is 0 Å². The zero-order valence-corrected chi connectivity index (χ0v) is 9.15. The van der Waals surface area contributed by atoms with Gasteiger partial charge in [0.1, 0.15) is 0 Å². The Balaban J connectivity index is 2.94. The molecule has 0 nitrogen and oxygen atoms in total. The third kappa shape index (κ3) is 2.98. The van der Waals surface area contributed by atoms with Crippen LogP contribution in [0.15, 0.2) is 18.2 Å². The molecule has 1 radical (unpaired) electrons. The molecule has 1 atom stereocenters. The average molecular weight is 214 g/mol. The van der Waals surface area contributed by atoms with Crippen LogP contribution < -0.4 is 0 Å². The van der Waals surface area contributed by atoms with Crippen LogP contribution in [0, 0.1) is 6.92 Å². The predicted molar refractivity (Wildman–Crippen MR) is 59.5 cm³/mol. The van der Waals surface area contributed by atoms with Crippen LogP contribution in [-0.4, -0.2) is 6.67 Å². The lowest BCUT2D eigenvalue weighted by Gasteiger charge is -2.10. The van der Waals surface area contributed by atoms with E-state index in [0.717, 1.165) is 24.0 Å². The van der Waals surface area contributed by atoms with Gasteiger partial charge in [0.2, 0.25) is 0 Å². The first-order valence-electron chi connectivity index (χ1n) is 4.85. The fourth-order valence-corrected chi connectivity index (χ4v) is 1.70. The van der Waals surface area contributed by atoms with Crippen molar-refractivity contribution in [2.45, 2.75) is 25.7 Å². The molecule has 1 aromatic carbocycles. The number of halogens is 2. The van der Waals surface area contributed by atoms with E-state index in [1.165, 1.54) is 0 Å². The highest BCUT2D eigenvalue weighted by Crippen LogP contribution is 2.22. The van der Waals surface area contributed by atoms with Gasteiger partial charge in [0.15, 0.2) is 0 Å². The van der Waals surface area contributed by atoms with Crippen molar-refractivity contribution in [1.29, 1.82) is 0 Å². The Bertz CT molecular complexity index is 296. The topological polar surface area (TPSA) is 0 Å². The maximum Gasteiger partial charge on any atom is 0.0962 e. The minimum Gasteiger partial charge on any atom is -0.250 e. The molecule has 1 rings (SSSR count). The number of hydrogen-bond acceptors (Lipinski definition) is 0. The third-order valence-corrected chi connectivity index (χ3v) is 2.39. The summed E-state index contributed by atoms with van der Waals surface area (Å²) in [5.74, 6) is -0.302. The molecule has 0 saturated carbocycles. The fourth-order valence-electron chi connectivity index (χ4n) is 1.43. The summed E-state index contributed by atoms with van der Waals surface area (Å²) in [4.78, 5) is 0. The lowest BCUT2D eigenvalue weighted by Crippen LogP contribution is -1.97. The maximum absolute atomic E-state index is 12.4. The van der Waals surface area contributed by atoms with Crippen LogP contribution in [0.1, 0.15) is 30.4 Å². The smallest absolute Gasteiger partial charge is 0.0962 e. The van der Waals surface area contributed by atoms with Gasteiger partial charge in [-0.05, 0) is 36.6 Å². The standard InChI is InChI=1S/C12H15ClF/c1-3-4-10-5-11(9(2)8-14)7-12(13)6-10/h5-7,9H,2-4,8H2,1H3. The number of benzene rings is 1. The van der Waals surface area contributed by atoms with Gasteiger partial charge in [0.05, 0.1) is 6.67 Å². The average Bonchev–Trinajstić information content (AvgIpc) is 2.16. The van der Waals surface area contributed by atoms with E-state index in [4.69, 9.17) is 11.6 Å². The molecule has 77 valence electrons. The van der Waals surface area contributed by atoms with Crippen molar-refractivity contribution in [3.05, 3.63) is 41.3 Å². The molecule has 0 aromatic heterocycles. The normalized spacial score (nSPS) is 12.9. The van der Waals surface area contributed by atoms with Gasteiger partial charge in [-0.15, -0.1) is 0 Å². The molecular weight excluding hydrogens is 199 g/mol. The summed E-state index contributed by atoms with van der Waals surface area (Å²) in [6.07, 6.45) is 2.05. The Hall–Kier alpha value is -0.560. The first-order chi connectivity index (χ1) is 6.67. The highest BCUT2D eigenvalue weighted by molar-refractivity contribution is 6.30. The van der Waals surface area contributed by atoms with E-state index < -0.39 is 6.67 Å². The van der Waals surface area contributed by atoms with Crippen LogP contribution in [0.2, 0.25) is 5.02 Å². The van der Waals surface area contributed by atoms with Crippen molar-refractivity contribution < 1.29 is 4.39 Å². The van der Waals surface area contributed by atoms with Crippen LogP contribution in [0.3, 0.4) is 0 Å². The number of alkyl halides is 1. The van der Waals surface area contributed by atoms with Crippen LogP contribution >= 0.6 is 11.6 Å². The first kappa shape index (κ1) is 11.5. The van der Waals surface area contributed by atoms with Gasteiger partial charge in [-0.2, -0.15) is 0 Å². The maximum atomic E-state index is 12.4. The van der Waals surface area contributed by atoms with Gasteiger partial charge < -0.3 is 0 Å². The van der Waals surface area contributed by atoms with Gasteiger partial charge in [-0.3, -0.25) is 4.39 Å². The van der Waals surface area contributed by atoms with Crippen molar-refractivity contribution in [2.24, 2.45) is 0 Å². The Morgan fingerprint density at radius 1 is 1.43 bits per heavy atom. The summed E-state index contributed by atoms with van der Waals surface area (Å²) in [6.45, 7) is 5.41. The molecule has 0 amide bonds. The summed E-state index contributed by atoms with van der Waals surface area (Å²) < 4.78 is 12.4. The zero-order valence-electron chi connectivity index (χ0n) is 8.39. The molecule has 1 unspecified atom stereocenters. The minimum absolute atomic E-state index is 0.302. The highest BCUT2D eigenvalue weighted by Gasteiger charge is 2.07. The van der Waals surface area contributed by atoms with Crippen LogP contribution in [0.4, 0.5) is 4.39 Å². The number of aryl methyl sites for hydroxylation is 1. The monoisotopic (exact) mass is 213 g/mol. The van der Waals surface area contributed by atoms with Crippen molar-refractivity contribution in [1.82, 2.24) is 0 Å². The van der Waals surface area contributed by atoms with Crippen molar-refractivity contribution >= 4 is 11.6 Å². The summed E-state index contributed by atoms with van der Waals surface area (Å²) in [5, 5.41) is 0.674. The Morgan fingerprint density at radius 3 is 2.71 bits per heavy atom. The van der Waals surface area contributed by atoms with Crippen molar-refractivity contribution in [3.8, 4) is 0 Å². The molecule has 0 saturated heterocycles. The molecule has 0 N–H and O–H groups in total. The molecule has 0 aliphatic rings. The molecule has 0 heterocycles. The van der Waals surface area contributed by atoms with Crippen molar-refractivity contribution in [2.75, 3.05) is 6.67 Å². The molecule has 14 heavy (non-hydrogen) atoms. The number of rotatable bonds is 4. The van der Waals surface area contributed by atoms with E-state index in [-0.39, 0.29) is 5.92 Å². The summed E-state index contributed by atoms with van der Waals surface area (Å²) in [5.41, 5.74) is 2.06. The lowest BCUT2D eigenvalue weighted by atomic mass is 9.99. The molecular formula is C12H15ClF. The summed E-state index contributed by atoms with van der Waals surface area (Å²) in [6, 6.07) is 5.71. The third-order valence-electron chi connectivity index (χ3n) is 2.18. The molecule has 0 bridgehead atoms. The molecule has 0 fully saturated rings. The van der Waals surface area contributed by atoms with E-state index in [0.29, 0.717) is 5.02 Å². The van der Waals surface area contributed by atoms with Crippen LogP contribution in [-0.2, 0) is 6.42 Å². The SMILES string of the molecule is [CH2]C(CF)c1cc(Cl)cc(CCC)c1. The summed E-state index contributed by atoms with van der Waals surface area (Å²) >= 11 is 5.94. The second-order valence-electron chi connectivity index (χ2n) is 3.49. The minimum atomic E-state index is -0.439. The van der Waals surface area contributed by atoms with E-state index in [9.17, 15) is 4.39 Å². The Kier molecular flexibility index (Phi) is 4.40. The second-order valence-corrected chi connectivity index (χ2v) is 3.93. The Labute approximate surface area is 90.1 Å². The first-order valence-corrected chi connectivity index (χ1v) is 5.23. The van der Waals surface area contributed by atoms with Crippen molar-refractivity contribution in [3.63, 3.8) is 0 Å². The van der Waals surface area contributed by atoms with Gasteiger partial charge in [0, 0.05) is 10.9 Å². The second kappa shape index (κ2) is 5.35. The zero-order chi connectivity index (χ0) is 10.6. The van der Waals surface area contributed by atoms with Gasteiger partial charge in [-0.1, -0.05) is 31.0 Å². The van der Waals surface area contributed by atoms with E-state index in [1.54, 1.807) is 6.07 Å². The predicted octanol–water partition coefficient (Wildman–Crippen LogP) is 4.18. The molecule has 1 aromatic rings. The van der Waals surface area contributed by atoms with Gasteiger partial charge in [0.25, 0.3) is 0 Å². The van der Waals surface area contributed by atoms with Crippen LogP contribution in [0.25, 0.3) is 0 Å². The quantitative estimate of drug-likeness (QED) is 0.704. The van der Waals surface area contributed by atoms with E-state index in [2.05, 4.69) is 13.8 Å². The molecule has 0 aliphatic heterocycles. The molecule has 0 aliphatic carbocycles. The molecule has 2 heteroatoms. The summed E-state index contributed by atoms with van der Waals surface area (Å²) in [7, 11) is 0. The lowest BCUT2D eigenvalue weighted by molar-refractivity contribution is 0.465. The highest BCUT2D eigenvalue weighted by atomic mass is 35.5. The number of hydrogen-bond donors (Lipinski definition) is 0. The molecule has 0 spiro atoms. The van der Waals surface area contributed by atoms with Crippen LogP contribution in [0.5, 0.6) is 0 Å².